The summed E-state index contributed by atoms with van der Waals surface area (Å²) in [6.07, 6.45) is 5.08. The van der Waals surface area contributed by atoms with Gasteiger partial charge in [0.1, 0.15) is 30.6 Å². The minimum absolute atomic E-state index is 0.0794. The average Bonchev–Trinajstić information content (AvgIpc) is 3.24. The van der Waals surface area contributed by atoms with Crippen molar-refractivity contribution in [2.24, 2.45) is 7.05 Å². The number of rotatable bonds is 8. The maximum absolute atomic E-state index is 12.3. The van der Waals surface area contributed by atoms with Crippen LogP contribution in [0.15, 0.2) is 40.1 Å². The zero-order chi connectivity index (χ0) is 17.6. The van der Waals surface area contributed by atoms with Gasteiger partial charge in [0.15, 0.2) is 5.65 Å². The second-order valence-electron chi connectivity index (χ2n) is 5.52. The molecule has 1 amide bonds. The van der Waals surface area contributed by atoms with E-state index >= 15 is 0 Å². The minimum atomic E-state index is -0.282. The summed E-state index contributed by atoms with van der Waals surface area (Å²) in [7, 11) is 1.71. The van der Waals surface area contributed by atoms with E-state index in [1.54, 1.807) is 19.4 Å². The van der Waals surface area contributed by atoms with E-state index in [0.717, 1.165) is 5.76 Å². The molecule has 3 rings (SSSR count). The lowest BCUT2D eigenvalue weighted by atomic mass is 10.4. The van der Waals surface area contributed by atoms with Crippen LogP contribution in [-0.4, -0.2) is 38.4 Å². The first-order valence-corrected chi connectivity index (χ1v) is 7.89. The van der Waals surface area contributed by atoms with Crippen molar-refractivity contribution in [3.05, 3.63) is 47.0 Å². The van der Waals surface area contributed by atoms with Crippen LogP contribution in [0.2, 0.25) is 0 Å². The van der Waals surface area contributed by atoms with E-state index in [1.807, 2.05) is 6.07 Å². The van der Waals surface area contributed by atoms with E-state index in [0.29, 0.717) is 37.2 Å². The number of nitrogens with zero attached hydrogens (tertiary/aromatic N) is 4. The van der Waals surface area contributed by atoms with Crippen molar-refractivity contribution in [2.75, 3.05) is 13.2 Å². The molecule has 0 saturated carbocycles. The van der Waals surface area contributed by atoms with Crippen LogP contribution in [0.4, 0.5) is 0 Å². The maximum Gasteiger partial charge on any atom is 0.264 e. The fourth-order valence-electron chi connectivity index (χ4n) is 2.36. The first-order chi connectivity index (χ1) is 12.1. The van der Waals surface area contributed by atoms with E-state index < -0.39 is 0 Å². The highest BCUT2D eigenvalue weighted by Crippen LogP contribution is 2.03. The summed E-state index contributed by atoms with van der Waals surface area (Å²) in [6.45, 7) is 1.30. The Kier molecular flexibility index (Phi) is 5.24. The smallest absolute Gasteiger partial charge is 0.264 e. The molecule has 3 aromatic heterocycles. The van der Waals surface area contributed by atoms with Crippen LogP contribution in [0.25, 0.3) is 11.0 Å². The van der Waals surface area contributed by atoms with E-state index in [1.165, 1.54) is 21.8 Å². The number of nitrogens with one attached hydrogen (secondary N) is 1. The Morgan fingerprint density at radius 1 is 1.44 bits per heavy atom. The fraction of sp³-hybridized carbons (Fsp3) is 0.375. The fourth-order valence-corrected chi connectivity index (χ4v) is 2.36. The Bertz CT molecular complexity index is 897. The van der Waals surface area contributed by atoms with Gasteiger partial charge in [0, 0.05) is 20.2 Å². The molecule has 9 nitrogen and oxygen atoms in total. The van der Waals surface area contributed by atoms with Crippen LogP contribution in [0.1, 0.15) is 12.2 Å². The van der Waals surface area contributed by atoms with E-state index in [-0.39, 0.29) is 18.0 Å². The number of carbonyl (C=O) groups is 1. The van der Waals surface area contributed by atoms with Crippen molar-refractivity contribution in [3.63, 3.8) is 0 Å². The summed E-state index contributed by atoms with van der Waals surface area (Å²) >= 11 is 0. The normalized spacial score (nSPS) is 11.1. The monoisotopic (exact) mass is 345 g/mol. The number of ether oxygens (including phenoxy) is 1. The molecule has 132 valence electrons. The van der Waals surface area contributed by atoms with Crippen LogP contribution in [0.3, 0.4) is 0 Å². The number of aromatic nitrogens is 4. The van der Waals surface area contributed by atoms with Crippen LogP contribution < -0.4 is 10.9 Å². The molecule has 3 heterocycles. The Hall–Kier alpha value is -2.94. The second kappa shape index (κ2) is 7.75. The quantitative estimate of drug-likeness (QED) is 0.594. The minimum Gasteiger partial charge on any atom is -0.467 e. The number of aryl methyl sites for hydroxylation is 1. The van der Waals surface area contributed by atoms with Crippen molar-refractivity contribution in [3.8, 4) is 0 Å². The zero-order valence-electron chi connectivity index (χ0n) is 13.8. The van der Waals surface area contributed by atoms with Crippen LogP contribution in [0.5, 0.6) is 0 Å². The van der Waals surface area contributed by atoms with Gasteiger partial charge in [0.25, 0.3) is 5.56 Å². The predicted octanol–water partition coefficient (Wildman–Crippen LogP) is 0.446. The highest BCUT2D eigenvalue weighted by atomic mass is 16.5. The Labute approximate surface area is 143 Å². The van der Waals surface area contributed by atoms with E-state index in [4.69, 9.17) is 9.15 Å². The second-order valence-corrected chi connectivity index (χ2v) is 5.52. The Morgan fingerprint density at radius 2 is 2.32 bits per heavy atom. The molecule has 25 heavy (non-hydrogen) atoms. The number of fused-ring (bicyclic) bond motifs is 1. The first-order valence-electron chi connectivity index (χ1n) is 7.89. The van der Waals surface area contributed by atoms with Crippen molar-refractivity contribution in [1.29, 1.82) is 0 Å². The largest absolute Gasteiger partial charge is 0.467 e. The van der Waals surface area contributed by atoms with Gasteiger partial charge >= 0.3 is 0 Å². The van der Waals surface area contributed by atoms with Crippen molar-refractivity contribution < 1.29 is 13.9 Å². The highest BCUT2D eigenvalue weighted by molar-refractivity contribution is 5.77. The van der Waals surface area contributed by atoms with Crippen molar-refractivity contribution in [2.45, 2.75) is 19.6 Å². The third-order valence-electron chi connectivity index (χ3n) is 3.64. The molecule has 0 aromatic carbocycles. The SMILES string of the molecule is Cn1ncc2c(=O)n(CC(=O)NCCCOCc3ccco3)cnc21. The molecule has 0 radical (unpaired) electrons. The van der Waals surface area contributed by atoms with Gasteiger partial charge in [-0.05, 0) is 18.6 Å². The van der Waals surface area contributed by atoms with Crippen LogP contribution >= 0.6 is 0 Å². The lowest BCUT2D eigenvalue weighted by Gasteiger charge is -2.07. The molecule has 0 atom stereocenters. The number of carbonyl (C=O) groups excluding carboxylic acids is 1. The molecule has 0 saturated heterocycles. The van der Waals surface area contributed by atoms with Gasteiger partial charge in [0.05, 0.1) is 12.5 Å². The van der Waals surface area contributed by atoms with Gasteiger partial charge in [-0.25, -0.2) is 4.98 Å². The molecule has 0 spiro atoms. The standard InChI is InChI=1S/C16H19N5O4/c1-20-15-13(8-19-20)16(23)21(11-18-15)9-14(22)17-5-3-6-24-10-12-4-2-7-25-12/h2,4,7-8,11H,3,5-6,9-10H2,1H3,(H,17,22). The lowest BCUT2D eigenvalue weighted by Crippen LogP contribution is -2.33. The molecule has 0 bridgehead atoms. The first kappa shape index (κ1) is 16.9. The van der Waals surface area contributed by atoms with Crippen LogP contribution in [0, 0.1) is 0 Å². The van der Waals surface area contributed by atoms with Gasteiger partial charge < -0.3 is 14.5 Å². The van der Waals surface area contributed by atoms with Gasteiger partial charge in [-0.3, -0.25) is 18.8 Å². The van der Waals surface area contributed by atoms with E-state index in [9.17, 15) is 9.59 Å². The molecule has 0 fully saturated rings. The maximum atomic E-state index is 12.3. The molecule has 9 heteroatoms. The molecule has 1 N–H and O–H groups in total. The number of hydrogen-bond acceptors (Lipinski definition) is 6. The number of furan rings is 1. The Balaban J connectivity index is 1.42. The van der Waals surface area contributed by atoms with E-state index in [2.05, 4.69) is 15.4 Å². The van der Waals surface area contributed by atoms with Gasteiger partial charge in [-0.1, -0.05) is 0 Å². The molecule has 3 aromatic rings. The number of amides is 1. The number of hydrogen-bond donors (Lipinski definition) is 1. The Morgan fingerprint density at radius 3 is 3.12 bits per heavy atom. The highest BCUT2D eigenvalue weighted by Gasteiger charge is 2.10. The molecule has 0 aliphatic heterocycles. The average molecular weight is 345 g/mol. The molecule has 0 unspecified atom stereocenters. The molecular weight excluding hydrogens is 326 g/mol. The van der Waals surface area contributed by atoms with Gasteiger partial charge in [-0.15, -0.1) is 0 Å². The predicted molar refractivity (Wildman–Crippen MR) is 88.8 cm³/mol. The third kappa shape index (κ3) is 4.13. The summed E-state index contributed by atoms with van der Waals surface area (Å²) in [4.78, 5) is 28.4. The lowest BCUT2D eigenvalue weighted by molar-refractivity contribution is -0.121. The van der Waals surface area contributed by atoms with Gasteiger partial charge in [-0.2, -0.15) is 5.10 Å². The topological polar surface area (TPSA) is 104 Å². The molecule has 0 aliphatic carbocycles. The molecule has 0 aliphatic rings. The molecular formula is C16H19N5O4. The summed E-state index contributed by atoms with van der Waals surface area (Å²) in [6, 6.07) is 3.64. The van der Waals surface area contributed by atoms with Crippen molar-refractivity contribution in [1.82, 2.24) is 24.6 Å². The van der Waals surface area contributed by atoms with Crippen LogP contribution in [-0.2, 0) is 29.7 Å². The van der Waals surface area contributed by atoms with Gasteiger partial charge in [0.2, 0.25) is 5.91 Å². The zero-order valence-corrected chi connectivity index (χ0v) is 13.8. The van der Waals surface area contributed by atoms with Crippen molar-refractivity contribution >= 4 is 16.9 Å². The summed E-state index contributed by atoms with van der Waals surface area (Å²) in [5, 5.41) is 7.14. The summed E-state index contributed by atoms with van der Waals surface area (Å²) in [5.74, 6) is 0.514. The summed E-state index contributed by atoms with van der Waals surface area (Å²) < 4.78 is 13.4. The third-order valence-corrected chi connectivity index (χ3v) is 3.64. The summed E-state index contributed by atoms with van der Waals surface area (Å²) in [5.41, 5.74) is 0.213.